The summed E-state index contributed by atoms with van der Waals surface area (Å²) in [6.45, 7) is 0.219. The molecule has 132 valence electrons. The average Bonchev–Trinajstić information content (AvgIpc) is 3.16. The quantitative estimate of drug-likeness (QED) is 0.732. The molecule has 2 amide bonds. The van der Waals surface area contributed by atoms with E-state index in [4.69, 9.17) is 4.42 Å². The molecule has 0 spiro atoms. The van der Waals surface area contributed by atoms with Crippen molar-refractivity contribution >= 4 is 17.5 Å². The predicted octanol–water partition coefficient (Wildman–Crippen LogP) is 3.74. The van der Waals surface area contributed by atoms with Crippen molar-refractivity contribution in [3.05, 3.63) is 89.4 Å². The van der Waals surface area contributed by atoms with Crippen LogP contribution in [0.25, 0.3) is 0 Å². The third-order valence-corrected chi connectivity index (χ3v) is 3.57. The Labute approximate surface area is 147 Å². The maximum absolute atomic E-state index is 13.2. The minimum absolute atomic E-state index is 0.113. The Morgan fingerprint density at radius 2 is 1.65 bits per heavy atom. The van der Waals surface area contributed by atoms with Gasteiger partial charge < -0.3 is 15.1 Å². The van der Waals surface area contributed by atoms with Crippen LogP contribution in [0.3, 0.4) is 0 Å². The molecule has 0 aliphatic heterocycles. The number of carbonyl (C=O) groups is 2. The number of hydrogen-bond acceptors (Lipinski definition) is 3. The standard InChI is InChI=1S/C19H14F2N2O3/c20-16-7-6-14(10-17(16)21)23-19(25)13-4-1-3-12(9-13)18(24)22-11-15-5-2-8-26-15/h1-10H,11H2,(H,22,24)(H,23,25). The maximum atomic E-state index is 13.2. The van der Waals surface area contributed by atoms with Crippen LogP contribution in [0.2, 0.25) is 0 Å². The molecule has 0 bridgehead atoms. The van der Waals surface area contributed by atoms with E-state index in [1.54, 1.807) is 24.3 Å². The van der Waals surface area contributed by atoms with Gasteiger partial charge in [0.1, 0.15) is 5.76 Å². The normalized spacial score (nSPS) is 10.4. The second-order valence-electron chi connectivity index (χ2n) is 5.43. The van der Waals surface area contributed by atoms with Crippen molar-refractivity contribution in [2.24, 2.45) is 0 Å². The number of benzene rings is 2. The van der Waals surface area contributed by atoms with Gasteiger partial charge >= 0.3 is 0 Å². The zero-order valence-electron chi connectivity index (χ0n) is 13.5. The van der Waals surface area contributed by atoms with E-state index < -0.39 is 17.5 Å². The third kappa shape index (κ3) is 4.13. The number of halogens is 2. The summed E-state index contributed by atoms with van der Waals surface area (Å²) in [5.41, 5.74) is 0.608. The van der Waals surface area contributed by atoms with Crippen LogP contribution in [-0.2, 0) is 6.54 Å². The van der Waals surface area contributed by atoms with Crippen LogP contribution in [-0.4, -0.2) is 11.8 Å². The second-order valence-corrected chi connectivity index (χ2v) is 5.43. The molecule has 0 atom stereocenters. The van der Waals surface area contributed by atoms with Crippen molar-refractivity contribution in [1.82, 2.24) is 5.32 Å². The van der Waals surface area contributed by atoms with Gasteiger partial charge in [-0.15, -0.1) is 0 Å². The van der Waals surface area contributed by atoms with Crippen LogP contribution in [0, 0.1) is 11.6 Å². The molecule has 0 aliphatic rings. The summed E-state index contributed by atoms with van der Waals surface area (Å²) in [6.07, 6.45) is 1.50. The molecule has 1 aromatic heterocycles. The smallest absolute Gasteiger partial charge is 0.255 e. The van der Waals surface area contributed by atoms with E-state index in [1.165, 1.54) is 24.5 Å². The lowest BCUT2D eigenvalue weighted by atomic mass is 10.1. The lowest BCUT2D eigenvalue weighted by molar-refractivity contribution is 0.0948. The third-order valence-electron chi connectivity index (χ3n) is 3.57. The Morgan fingerprint density at radius 1 is 0.885 bits per heavy atom. The minimum atomic E-state index is -1.06. The second kappa shape index (κ2) is 7.60. The molecule has 0 aliphatic carbocycles. The van der Waals surface area contributed by atoms with E-state index in [0.29, 0.717) is 5.76 Å². The van der Waals surface area contributed by atoms with Crippen LogP contribution in [0.5, 0.6) is 0 Å². The van der Waals surface area contributed by atoms with Gasteiger partial charge in [-0.3, -0.25) is 9.59 Å². The molecule has 1 heterocycles. The fourth-order valence-corrected chi connectivity index (χ4v) is 2.26. The highest BCUT2D eigenvalue weighted by Gasteiger charge is 2.12. The molecular formula is C19H14F2N2O3. The lowest BCUT2D eigenvalue weighted by Gasteiger charge is -2.08. The monoisotopic (exact) mass is 356 g/mol. The van der Waals surface area contributed by atoms with Crippen LogP contribution in [0.15, 0.2) is 65.3 Å². The molecule has 5 nitrogen and oxygen atoms in total. The largest absolute Gasteiger partial charge is 0.467 e. The number of anilines is 1. The summed E-state index contributed by atoms with van der Waals surface area (Å²) in [4.78, 5) is 24.4. The van der Waals surface area contributed by atoms with E-state index >= 15 is 0 Å². The Morgan fingerprint density at radius 3 is 2.35 bits per heavy atom. The van der Waals surface area contributed by atoms with Crippen molar-refractivity contribution in [2.45, 2.75) is 6.54 Å². The van der Waals surface area contributed by atoms with Crippen molar-refractivity contribution < 1.29 is 22.8 Å². The van der Waals surface area contributed by atoms with Crippen molar-refractivity contribution in [1.29, 1.82) is 0 Å². The Balaban J connectivity index is 1.68. The number of nitrogens with one attached hydrogen (secondary N) is 2. The number of rotatable bonds is 5. The first kappa shape index (κ1) is 17.3. The molecule has 0 saturated carbocycles. The zero-order valence-corrected chi connectivity index (χ0v) is 13.5. The first-order valence-corrected chi connectivity index (χ1v) is 7.70. The Kier molecular flexibility index (Phi) is 5.07. The minimum Gasteiger partial charge on any atom is -0.467 e. The summed E-state index contributed by atoms with van der Waals surface area (Å²) >= 11 is 0. The first-order valence-electron chi connectivity index (χ1n) is 7.70. The number of amides is 2. The molecule has 0 radical (unpaired) electrons. The van der Waals surface area contributed by atoms with E-state index in [1.807, 2.05) is 0 Å². The van der Waals surface area contributed by atoms with Gasteiger partial charge in [-0.2, -0.15) is 0 Å². The molecule has 2 aromatic carbocycles. The number of carbonyl (C=O) groups excluding carboxylic acids is 2. The zero-order chi connectivity index (χ0) is 18.5. The fourth-order valence-electron chi connectivity index (χ4n) is 2.26. The molecular weight excluding hydrogens is 342 g/mol. The molecule has 26 heavy (non-hydrogen) atoms. The van der Waals surface area contributed by atoms with Crippen molar-refractivity contribution in [2.75, 3.05) is 5.32 Å². The van der Waals surface area contributed by atoms with Crippen LogP contribution < -0.4 is 10.6 Å². The van der Waals surface area contributed by atoms with Gasteiger partial charge in [0.15, 0.2) is 11.6 Å². The van der Waals surface area contributed by atoms with Gasteiger partial charge in [-0.25, -0.2) is 8.78 Å². The Hall–Kier alpha value is -3.48. The summed E-state index contributed by atoms with van der Waals surface area (Å²) in [5.74, 6) is -2.38. The highest BCUT2D eigenvalue weighted by molar-refractivity contribution is 6.06. The van der Waals surface area contributed by atoms with E-state index in [9.17, 15) is 18.4 Å². The Bertz CT molecular complexity index is 940. The van der Waals surface area contributed by atoms with Gasteiger partial charge in [0, 0.05) is 22.9 Å². The topological polar surface area (TPSA) is 71.3 Å². The van der Waals surface area contributed by atoms with Crippen molar-refractivity contribution in [3.63, 3.8) is 0 Å². The molecule has 2 N–H and O–H groups in total. The van der Waals surface area contributed by atoms with Crippen LogP contribution in [0.4, 0.5) is 14.5 Å². The van der Waals surface area contributed by atoms with Gasteiger partial charge in [0.2, 0.25) is 0 Å². The van der Waals surface area contributed by atoms with Crippen LogP contribution in [0.1, 0.15) is 26.5 Å². The molecule has 0 unspecified atom stereocenters. The van der Waals surface area contributed by atoms with E-state index in [-0.39, 0.29) is 29.3 Å². The highest BCUT2D eigenvalue weighted by Crippen LogP contribution is 2.15. The summed E-state index contributed by atoms with van der Waals surface area (Å²) in [5, 5.41) is 5.13. The lowest BCUT2D eigenvalue weighted by Crippen LogP contribution is -2.23. The maximum Gasteiger partial charge on any atom is 0.255 e. The van der Waals surface area contributed by atoms with Gasteiger partial charge in [0.05, 0.1) is 12.8 Å². The average molecular weight is 356 g/mol. The van der Waals surface area contributed by atoms with E-state index in [0.717, 1.165) is 12.1 Å². The van der Waals surface area contributed by atoms with Crippen LogP contribution >= 0.6 is 0 Å². The summed E-state index contributed by atoms with van der Waals surface area (Å²) in [6, 6.07) is 12.5. The molecule has 3 aromatic rings. The SMILES string of the molecule is O=C(NCc1ccco1)c1cccc(C(=O)Nc2ccc(F)c(F)c2)c1. The molecule has 0 saturated heterocycles. The summed E-state index contributed by atoms with van der Waals surface area (Å²) < 4.78 is 31.3. The van der Waals surface area contributed by atoms with Gasteiger partial charge in [0.25, 0.3) is 11.8 Å². The number of hydrogen-bond donors (Lipinski definition) is 2. The number of furan rings is 1. The molecule has 7 heteroatoms. The molecule has 3 rings (SSSR count). The highest BCUT2D eigenvalue weighted by atomic mass is 19.2. The molecule has 0 fully saturated rings. The van der Waals surface area contributed by atoms with Gasteiger partial charge in [-0.1, -0.05) is 6.07 Å². The predicted molar refractivity (Wildman–Crippen MR) is 90.6 cm³/mol. The first-order chi connectivity index (χ1) is 12.5. The fraction of sp³-hybridized carbons (Fsp3) is 0.0526. The van der Waals surface area contributed by atoms with Gasteiger partial charge in [-0.05, 0) is 42.5 Å². The van der Waals surface area contributed by atoms with E-state index in [2.05, 4.69) is 10.6 Å². The van der Waals surface area contributed by atoms with Crippen molar-refractivity contribution in [3.8, 4) is 0 Å². The summed E-state index contributed by atoms with van der Waals surface area (Å²) in [7, 11) is 0.